The number of benzene rings is 1. The molecule has 0 fully saturated rings. The molecule has 0 heterocycles. The van der Waals surface area contributed by atoms with Crippen molar-refractivity contribution < 1.29 is 9.90 Å². The Balaban J connectivity index is 2.98. The molecule has 0 aliphatic carbocycles. The number of rotatable bonds is 4. The lowest BCUT2D eigenvalue weighted by Crippen LogP contribution is -2.39. The summed E-state index contributed by atoms with van der Waals surface area (Å²) >= 11 is 0. The summed E-state index contributed by atoms with van der Waals surface area (Å²) in [7, 11) is 0. The number of carbonyl (C=O) groups is 1. The number of hydrogen-bond donors (Lipinski definition) is 2. The van der Waals surface area contributed by atoms with E-state index in [0.717, 1.165) is 5.56 Å². The molecular weight excluding hydrogens is 240 g/mol. The van der Waals surface area contributed by atoms with Gasteiger partial charge in [0.2, 0.25) is 0 Å². The number of aliphatic hydroxyl groups is 1. The molecule has 4 heteroatoms. The molecule has 1 rings (SSSR count). The number of hydrogen-bond acceptors (Lipinski definition) is 3. The van der Waals surface area contributed by atoms with E-state index >= 15 is 0 Å². The topological polar surface area (TPSA) is 66.6 Å². The molecule has 0 spiro atoms. The Kier molecular flexibility index (Phi) is 6.07. The molecule has 1 aromatic rings. The highest BCUT2D eigenvalue weighted by Gasteiger charge is 2.18. The number of carbonyl (C=O) groups excluding carboxylic acids is 1. The largest absolute Gasteiger partial charge is 0.395 e. The average molecular weight is 260 g/mol. The summed E-state index contributed by atoms with van der Waals surface area (Å²) in [6.07, 6.45) is 0. The Morgan fingerprint density at radius 3 is 2.79 bits per heavy atom. The molecule has 1 amide bonds. The summed E-state index contributed by atoms with van der Waals surface area (Å²) in [5.74, 6) is 5.57. The SMILES string of the molecule is CC(C)N(CCO)C(=O)c1cccc(C#CCN)c1. The molecule has 1 aromatic carbocycles. The fourth-order valence-electron chi connectivity index (χ4n) is 1.75. The van der Waals surface area contributed by atoms with Gasteiger partial charge in [0.15, 0.2) is 0 Å². The van der Waals surface area contributed by atoms with E-state index in [1.807, 2.05) is 19.9 Å². The molecule has 0 saturated heterocycles. The van der Waals surface area contributed by atoms with E-state index in [2.05, 4.69) is 11.8 Å². The number of amides is 1. The van der Waals surface area contributed by atoms with Crippen molar-refractivity contribution in [3.05, 3.63) is 35.4 Å². The Bertz CT molecular complexity index is 486. The quantitative estimate of drug-likeness (QED) is 0.788. The molecule has 3 N–H and O–H groups in total. The predicted molar refractivity (Wildman–Crippen MR) is 75.6 cm³/mol. The lowest BCUT2D eigenvalue weighted by atomic mass is 10.1. The highest BCUT2D eigenvalue weighted by Crippen LogP contribution is 2.10. The minimum absolute atomic E-state index is 0.0402. The summed E-state index contributed by atoms with van der Waals surface area (Å²) in [5, 5.41) is 9.02. The first kappa shape index (κ1) is 15.2. The Hall–Kier alpha value is -1.83. The van der Waals surface area contributed by atoms with E-state index in [4.69, 9.17) is 10.8 Å². The molecule has 0 aliphatic heterocycles. The van der Waals surface area contributed by atoms with Gasteiger partial charge in [0, 0.05) is 23.7 Å². The van der Waals surface area contributed by atoms with E-state index in [0.29, 0.717) is 18.7 Å². The molecule has 19 heavy (non-hydrogen) atoms. The van der Waals surface area contributed by atoms with E-state index in [9.17, 15) is 4.79 Å². The summed E-state index contributed by atoms with van der Waals surface area (Å²) < 4.78 is 0. The minimum atomic E-state index is -0.0968. The summed E-state index contributed by atoms with van der Waals surface area (Å²) in [4.78, 5) is 14.0. The van der Waals surface area contributed by atoms with Crippen molar-refractivity contribution in [3.63, 3.8) is 0 Å². The van der Waals surface area contributed by atoms with E-state index < -0.39 is 0 Å². The normalized spacial score (nSPS) is 9.95. The van der Waals surface area contributed by atoms with Crippen LogP contribution in [-0.2, 0) is 0 Å². The van der Waals surface area contributed by atoms with Gasteiger partial charge in [0.1, 0.15) is 0 Å². The second kappa shape index (κ2) is 7.57. The van der Waals surface area contributed by atoms with Crippen molar-refractivity contribution in [1.29, 1.82) is 0 Å². The van der Waals surface area contributed by atoms with Gasteiger partial charge in [-0.05, 0) is 32.0 Å². The molecule has 0 saturated carbocycles. The molecule has 0 aromatic heterocycles. The van der Waals surface area contributed by atoms with Crippen molar-refractivity contribution in [1.82, 2.24) is 4.90 Å². The summed E-state index contributed by atoms with van der Waals surface area (Å²) in [6.45, 7) is 4.42. The monoisotopic (exact) mass is 260 g/mol. The first-order chi connectivity index (χ1) is 9.10. The molecule has 0 bridgehead atoms. The van der Waals surface area contributed by atoms with Crippen molar-refractivity contribution in [3.8, 4) is 11.8 Å². The van der Waals surface area contributed by atoms with Crippen LogP contribution < -0.4 is 5.73 Å². The summed E-state index contributed by atoms with van der Waals surface area (Å²) in [6, 6.07) is 7.18. The van der Waals surface area contributed by atoms with Gasteiger partial charge in [-0.2, -0.15) is 0 Å². The first-order valence-corrected chi connectivity index (χ1v) is 6.31. The van der Waals surface area contributed by atoms with Crippen LogP contribution in [0.15, 0.2) is 24.3 Å². The third kappa shape index (κ3) is 4.40. The van der Waals surface area contributed by atoms with Gasteiger partial charge in [0.05, 0.1) is 13.2 Å². The number of nitrogens with two attached hydrogens (primary N) is 1. The molecule has 0 atom stereocenters. The van der Waals surface area contributed by atoms with Gasteiger partial charge in [-0.1, -0.05) is 17.9 Å². The maximum Gasteiger partial charge on any atom is 0.254 e. The van der Waals surface area contributed by atoms with Crippen LogP contribution in [0.25, 0.3) is 0 Å². The fourth-order valence-corrected chi connectivity index (χ4v) is 1.75. The van der Waals surface area contributed by atoms with Gasteiger partial charge in [-0.3, -0.25) is 4.79 Å². The molecule has 0 aliphatic rings. The van der Waals surface area contributed by atoms with Gasteiger partial charge < -0.3 is 15.7 Å². The summed E-state index contributed by atoms with van der Waals surface area (Å²) in [5.41, 5.74) is 6.67. The van der Waals surface area contributed by atoms with Crippen LogP contribution in [-0.4, -0.2) is 41.7 Å². The van der Waals surface area contributed by atoms with Crippen LogP contribution in [0.4, 0.5) is 0 Å². The minimum Gasteiger partial charge on any atom is -0.395 e. The Morgan fingerprint density at radius 2 is 2.21 bits per heavy atom. The molecule has 0 radical (unpaired) electrons. The predicted octanol–water partition coefficient (Wildman–Crippen LogP) is 0.840. The smallest absolute Gasteiger partial charge is 0.254 e. The van der Waals surface area contributed by atoms with Crippen molar-refractivity contribution in [2.45, 2.75) is 19.9 Å². The third-order valence-corrected chi connectivity index (χ3v) is 2.67. The standard InChI is InChI=1S/C15H20N2O2/c1-12(2)17(9-10-18)15(19)14-7-3-5-13(11-14)6-4-8-16/h3,5,7,11-12,18H,8-10,16H2,1-2H3. The Morgan fingerprint density at radius 1 is 1.47 bits per heavy atom. The number of nitrogens with zero attached hydrogens (tertiary/aromatic N) is 1. The molecular formula is C15H20N2O2. The zero-order chi connectivity index (χ0) is 14.3. The first-order valence-electron chi connectivity index (χ1n) is 6.31. The maximum absolute atomic E-state index is 12.3. The van der Waals surface area contributed by atoms with Gasteiger partial charge in [0.25, 0.3) is 5.91 Å². The third-order valence-electron chi connectivity index (χ3n) is 2.67. The lowest BCUT2D eigenvalue weighted by Gasteiger charge is -2.26. The van der Waals surface area contributed by atoms with Crippen molar-refractivity contribution in [2.75, 3.05) is 19.7 Å². The molecule has 0 unspecified atom stereocenters. The van der Waals surface area contributed by atoms with Gasteiger partial charge >= 0.3 is 0 Å². The van der Waals surface area contributed by atoms with E-state index in [1.165, 1.54) is 0 Å². The number of aliphatic hydroxyl groups excluding tert-OH is 1. The Labute approximate surface area is 114 Å². The van der Waals surface area contributed by atoms with Crippen molar-refractivity contribution >= 4 is 5.91 Å². The highest BCUT2D eigenvalue weighted by molar-refractivity contribution is 5.94. The highest BCUT2D eigenvalue weighted by atomic mass is 16.3. The zero-order valence-electron chi connectivity index (χ0n) is 11.4. The maximum atomic E-state index is 12.3. The second-order valence-corrected chi connectivity index (χ2v) is 4.40. The van der Waals surface area contributed by atoms with Crippen LogP contribution in [0.1, 0.15) is 29.8 Å². The fraction of sp³-hybridized carbons (Fsp3) is 0.400. The van der Waals surface area contributed by atoms with Gasteiger partial charge in [-0.25, -0.2) is 0 Å². The van der Waals surface area contributed by atoms with Crippen LogP contribution in [0.3, 0.4) is 0 Å². The van der Waals surface area contributed by atoms with Crippen molar-refractivity contribution in [2.24, 2.45) is 5.73 Å². The van der Waals surface area contributed by atoms with Gasteiger partial charge in [-0.15, -0.1) is 0 Å². The molecule has 4 nitrogen and oxygen atoms in total. The van der Waals surface area contributed by atoms with Crippen LogP contribution in [0.2, 0.25) is 0 Å². The van der Waals surface area contributed by atoms with Crippen LogP contribution in [0.5, 0.6) is 0 Å². The van der Waals surface area contributed by atoms with E-state index in [1.54, 1.807) is 23.1 Å². The zero-order valence-corrected chi connectivity index (χ0v) is 11.4. The van der Waals surface area contributed by atoms with Crippen LogP contribution >= 0.6 is 0 Å². The average Bonchev–Trinajstić information content (AvgIpc) is 2.41. The second-order valence-electron chi connectivity index (χ2n) is 4.40. The molecule has 102 valence electrons. The van der Waals surface area contributed by atoms with Crippen LogP contribution in [0, 0.1) is 11.8 Å². The van der Waals surface area contributed by atoms with E-state index in [-0.39, 0.29) is 18.6 Å². The lowest BCUT2D eigenvalue weighted by molar-refractivity contribution is 0.0665.